The largest absolute Gasteiger partial charge is 0.353 e. The predicted molar refractivity (Wildman–Crippen MR) is 34.0 cm³/mol. The molecule has 0 radical (unpaired) electrons. The zero-order chi connectivity index (χ0) is 6.91. The molecule has 0 aromatic rings. The molecule has 1 heterocycles. The van der Waals surface area contributed by atoms with Gasteiger partial charge in [0.2, 0.25) is 0 Å². The average Bonchev–Trinajstić information content (AvgIpc) is 2.08. The first-order valence-corrected chi connectivity index (χ1v) is 3.09. The van der Waals surface area contributed by atoms with Crippen molar-refractivity contribution in [2.75, 3.05) is 13.4 Å². The maximum absolute atomic E-state index is 5.74. The zero-order valence-corrected chi connectivity index (χ0v) is 5.89. The van der Waals surface area contributed by atoms with E-state index in [1.165, 1.54) is 0 Å². The quantitative estimate of drug-likeness (QED) is 0.548. The highest BCUT2D eigenvalue weighted by molar-refractivity contribution is 4.84. The van der Waals surface area contributed by atoms with E-state index in [1.54, 1.807) is 0 Å². The van der Waals surface area contributed by atoms with Gasteiger partial charge in [0.05, 0.1) is 6.61 Å². The van der Waals surface area contributed by atoms with E-state index in [0.717, 1.165) is 0 Å². The summed E-state index contributed by atoms with van der Waals surface area (Å²) in [5.74, 6) is 0. The lowest BCUT2D eigenvalue weighted by Crippen LogP contribution is -2.46. The smallest absolute Gasteiger partial charge is 0.147 e. The molecule has 1 aliphatic rings. The second kappa shape index (κ2) is 2.25. The molecule has 0 bridgehead atoms. The lowest BCUT2D eigenvalue weighted by Gasteiger charge is -2.23. The Morgan fingerprint density at radius 1 is 1.56 bits per heavy atom. The fourth-order valence-corrected chi connectivity index (χ4v) is 0.763. The second-order valence-corrected chi connectivity index (χ2v) is 2.97. The lowest BCUT2D eigenvalue weighted by molar-refractivity contribution is 0.0269. The van der Waals surface area contributed by atoms with Gasteiger partial charge in [-0.05, 0) is 13.8 Å². The third-order valence-corrected chi connectivity index (χ3v) is 1.45. The van der Waals surface area contributed by atoms with Crippen LogP contribution >= 0.6 is 0 Å². The number of ether oxygens (including phenoxy) is 2. The Balaban J connectivity index is 2.42. The lowest BCUT2D eigenvalue weighted by atomic mass is 10.00. The van der Waals surface area contributed by atoms with E-state index in [1.807, 2.05) is 13.8 Å². The summed E-state index contributed by atoms with van der Waals surface area (Å²) in [6.45, 7) is 4.90. The molecule has 9 heavy (non-hydrogen) atoms. The molecule has 3 nitrogen and oxygen atoms in total. The molecule has 0 spiro atoms. The molecule has 1 atom stereocenters. The first-order valence-electron chi connectivity index (χ1n) is 3.09. The molecule has 0 amide bonds. The molecule has 3 heteroatoms. The molecule has 1 aliphatic heterocycles. The normalized spacial score (nSPS) is 29.0. The number of hydrogen-bond donors (Lipinski definition) is 1. The molecular weight excluding hydrogens is 118 g/mol. The maximum Gasteiger partial charge on any atom is 0.147 e. The predicted octanol–water partition coefficient (Wildman–Crippen LogP) is 0.0966. The molecule has 1 rings (SSSR count). The highest BCUT2D eigenvalue weighted by Crippen LogP contribution is 2.14. The monoisotopic (exact) mass is 131 g/mol. The van der Waals surface area contributed by atoms with Gasteiger partial charge in [-0.1, -0.05) is 0 Å². The van der Waals surface area contributed by atoms with Crippen LogP contribution in [-0.2, 0) is 9.47 Å². The van der Waals surface area contributed by atoms with Gasteiger partial charge in [-0.15, -0.1) is 0 Å². The van der Waals surface area contributed by atoms with Crippen molar-refractivity contribution < 1.29 is 9.47 Å². The van der Waals surface area contributed by atoms with E-state index < -0.39 is 0 Å². The Morgan fingerprint density at radius 3 is 2.44 bits per heavy atom. The Labute approximate surface area is 55.1 Å². The van der Waals surface area contributed by atoms with E-state index in [0.29, 0.717) is 13.4 Å². The molecule has 1 fully saturated rings. The fraction of sp³-hybridized carbons (Fsp3) is 1.00. The standard InChI is InChI=1S/C6H13NO2/c1-6(2,7)5-3-8-4-9-5/h5H,3-4,7H2,1-2H3. The van der Waals surface area contributed by atoms with Crippen LogP contribution in [-0.4, -0.2) is 25.0 Å². The zero-order valence-electron chi connectivity index (χ0n) is 5.89. The van der Waals surface area contributed by atoms with Gasteiger partial charge in [-0.3, -0.25) is 0 Å². The van der Waals surface area contributed by atoms with Gasteiger partial charge in [-0.2, -0.15) is 0 Å². The Bertz CT molecular complexity index is 91.7. The summed E-state index contributed by atoms with van der Waals surface area (Å²) in [7, 11) is 0. The van der Waals surface area contributed by atoms with Crippen LogP contribution in [0.2, 0.25) is 0 Å². The summed E-state index contributed by atoms with van der Waals surface area (Å²) in [6.07, 6.45) is 0.0671. The minimum atomic E-state index is -0.267. The van der Waals surface area contributed by atoms with Crippen LogP contribution < -0.4 is 5.73 Å². The summed E-state index contributed by atoms with van der Waals surface area (Å²) < 4.78 is 10.2. The Hall–Kier alpha value is -0.120. The van der Waals surface area contributed by atoms with E-state index in [2.05, 4.69) is 0 Å². The van der Waals surface area contributed by atoms with Gasteiger partial charge >= 0.3 is 0 Å². The van der Waals surface area contributed by atoms with Crippen molar-refractivity contribution in [1.29, 1.82) is 0 Å². The topological polar surface area (TPSA) is 44.5 Å². The van der Waals surface area contributed by atoms with Gasteiger partial charge in [0, 0.05) is 5.54 Å². The number of rotatable bonds is 1. The van der Waals surface area contributed by atoms with Crippen molar-refractivity contribution in [3.8, 4) is 0 Å². The third kappa shape index (κ3) is 1.64. The second-order valence-electron chi connectivity index (χ2n) is 2.97. The molecular formula is C6H13NO2. The molecule has 0 aromatic heterocycles. The molecule has 0 saturated carbocycles. The SMILES string of the molecule is CC(C)(N)C1COCO1. The van der Waals surface area contributed by atoms with Crippen molar-refractivity contribution in [3.05, 3.63) is 0 Å². The van der Waals surface area contributed by atoms with E-state index in [9.17, 15) is 0 Å². The van der Waals surface area contributed by atoms with E-state index in [4.69, 9.17) is 15.2 Å². The summed E-state index contributed by atoms with van der Waals surface area (Å²) in [6, 6.07) is 0. The molecule has 2 N–H and O–H groups in total. The van der Waals surface area contributed by atoms with Crippen molar-refractivity contribution in [2.24, 2.45) is 5.73 Å². The Morgan fingerprint density at radius 2 is 2.22 bits per heavy atom. The van der Waals surface area contributed by atoms with Crippen LogP contribution in [0.1, 0.15) is 13.8 Å². The first kappa shape index (κ1) is 6.99. The first-order chi connectivity index (χ1) is 4.11. The molecule has 1 unspecified atom stereocenters. The molecule has 54 valence electrons. The van der Waals surface area contributed by atoms with Crippen LogP contribution in [0.15, 0.2) is 0 Å². The summed E-state index contributed by atoms with van der Waals surface area (Å²) >= 11 is 0. The van der Waals surface area contributed by atoms with Crippen LogP contribution in [0.4, 0.5) is 0 Å². The van der Waals surface area contributed by atoms with Gasteiger partial charge in [0.1, 0.15) is 12.9 Å². The highest BCUT2D eigenvalue weighted by Gasteiger charge is 2.29. The fourth-order valence-electron chi connectivity index (χ4n) is 0.763. The molecule has 0 aliphatic carbocycles. The maximum atomic E-state index is 5.74. The van der Waals surface area contributed by atoms with Crippen LogP contribution in [0.3, 0.4) is 0 Å². The molecule has 1 saturated heterocycles. The molecule has 0 aromatic carbocycles. The Kier molecular flexibility index (Phi) is 1.75. The van der Waals surface area contributed by atoms with Crippen LogP contribution in [0.5, 0.6) is 0 Å². The van der Waals surface area contributed by atoms with Gasteiger partial charge < -0.3 is 15.2 Å². The number of nitrogens with two attached hydrogens (primary N) is 1. The van der Waals surface area contributed by atoms with Crippen LogP contribution in [0.25, 0.3) is 0 Å². The van der Waals surface area contributed by atoms with E-state index in [-0.39, 0.29) is 11.6 Å². The van der Waals surface area contributed by atoms with Crippen molar-refractivity contribution in [2.45, 2.75) is 25.5 Å². The van der Waals surface area contributed by atoms with Crippen molar-refractivity contribution in [3.63, 3.8) is 0 Å². The van der Waals surface area contributed by atoms with E-state index >= 15 is 0 Å². The van der Waals surface area contributed by atoms with Gasteiger partial charge in [0.25, 0.3) is 0 Å². The number of hydrogen-bond acceptors (Lipinski definition) is 3. The summed E-state index contributed by atoms with van der Waals surface area (Å²) in [4.78, 5) is 0. The minimum Gasteiger partial charge on any atom is -0.353 e. The summed E-state index contributed by atoms with van der Waals surface area (Å²) in [5, 5.41) is 0. The highest BCUT2D eigenvalue weighted by atomic mass is 16.7. The third-order valence-electron chi connectivity index (χ3n) is 1.45. The average molecular weight is 131 g/mol. The minimum absolute atomic E-state index is 0.0671. The summed E-state index contributed by atoms with van der Waals surface area (Å²) in [5.41, 5.74) is 5.47. The van der Waals surface area contributed by atoms with Crippen LogP contribution in [0, 0.1) is 0 Å². The van der Waals surface area contributed by atoms with Gasteiger partial charge in [0.15, 0.2) is 0 Å². The van der Waals surface area contributed by atoms with Gasteiger partial charge in [-0.25, -0.2) is 0 Å². The van der Waals surface area contributed by atoms with Crippen molar-refractivity contribution >= 4 is 0 Å². The van der Waals surface area contributed by atoms with Crippen molar-refractivity contribution in [1.82, 2.24) is 0 Å².